The first-order valence-electron chi connectivity index (χ1n) is 5.76. The molecule has 1 aliphatic carbocycles. The summed E-state index contributed by atoms with van der Waals surface area (Å²) in [5, 5.41) is 0. The second kappa shape index (κ2) is 3.21. The third kappa shape index (κ3) is 1.37. The van der Waals surface area contributed by atoms with Crippen molar-refractivity contribution in [2.75, 3.05) is 5.73 Å². The van der Waals surface area contributed by atoms with Gasteiger partial charge >= 0.3 is 0 Å². The molecule has 3 rings (SSSR count). The van der Waals surface area contributed by atoms with E-state index in [1.54, 1.807) is 0 Å². The van der Waals surface area contributed by atoms with Crippen molar-refractivity contribution in [3.8, 4) is 0 Å². The number of rotatable bonds is 1. The maximum absolute atomic E-state index is 5.83. The average molecular weight is 212 g/mol. The van der Waals surface area contributed by atoms with Gasteiger partial charge in [0, 0.05) is 24.5 Å². The summed E-state index contributed by atoms with van der Waals surface area (Å²) < 4.78 is 0. The molecule has 2 heteroatoms. The van der Waals surface area contributed by atoms with Gasteiger partial charge in [-0.05, 0) is 47.1 Å². The van der Waals surface area contributed by atoms with Crippen LogP contribution in [0.2, 0.25) is 0 Å². The van der Waals surface area contributed by atoms with Gasteiger partial charge in [-0.1, -0.05) is 13.0 Å². The van der Waals surface area contributed by atoms with E-state index in [0.29, 0.717) is 0 Å². The van der Waals surface area contributed by atoms with Gasteiger partial charge in [-0.2, -0.15) is 0 Å². The minimum atomic E-state index is 0.257. The van der Waals surface area contributed by atoms with Gasteiger partial charge in [-0.3, -0.25) is 4.99 Å². The maximum atomic E-state index is 5.83. The first-order chi connectivity index (χ1) is 7.67. The van der Waals surface area contributed by atoms with Crippen molar-refractivity contribution in [1.82, 2.24) is 0 Å². The molecule has 0 fully saturated rings. The zero-order chi connectivity index (χ0) is 11.2. The Hall–Kier alpha value is -1.57. The van der Waals surface area contributed by atoms with Crippen LogP contribution in [0.4, 0.5) is 5.69 Å². The van der Waals surface area contributed by atoms with Crippen molar-refractivity contribution in [2.45, 2.75) is 26.2 Å². The summed E-state index contributed by atoms with van der Waals surface area (Å²) in [6, 6.07) is 6.30. The highest BCUT2D eigenvalue weighted by Gasteiger charge is 2.36. The van der Waals surface area contributed by atoms with Gasteiger partial charge < -0.3 is 5.73 Å². The Morgan fingerprint density at radius 1 is 1.25 bits per heavy atom. The summed E-state index contributed by atoms with van der Waals surface area (Å²) >= 11 is 0. The molecule has 2 N–H and O–H groups in total. The number of fused-ring (bicyclic) bond motifs is 1. The second-order valence-electron chi connectivity index (χ2n) is 5.13. The number of hydrogen-bond donors (Lipinski definition) is 1. The first-order valence-corrected chi connectivity index (χ1v) is 5.76. The van der Waals surface area contributed by atoms with Gasteiger partial charge in [-0.15, -0.1) is 0 Å². The highest BCUT2D eigenvalue weighted by Crippen LogP contribution is 2.44. The Bertz CT molecular complexity index is 499. The number of anilines is 1. The Labute approximate surface area is 95.9 Å². The molecule has 1 atom stereocenters. The van der Waals surface area contributed by atoms with Crippen LogP contribution in [0.1, 0.15) is 24.5 Å². The average Bonchev–Trinajstić information content (AvgIpc) is 2.83. The lowest BCUT2D eigenvalue weighted by Gasteiger charge is -2.24. The first kappa shape index (κ1) is 9.64. The van der Waals surface area contributed by atoms with E-state index in [0.717, 1.165) is 24.9 Å². The standard InChI is InChI=1S/C14H16N2/c1-14(12-4-5-16-9-12)7-10-2-3-13(15)6-11(10)8-14/h2-3,5-6,9H,4,7-8,15H2,1H3. The van der Waals surface area contributed by atoms with Crippen LogP contribution in [0.25, 0.3) is 0 Å². The second-order valence-corrected chi connectivity index (χ2v) is 5.13. The molecule has 2 aliphatic rings. The Balaban J connectivity index is 1.95. The quantitative estimate of drug-likeness (QED) is 0.714. The van der Waals surface area contributed by atoms with Crippen LogP contribution in [-0.2, 0) is 12.8 Å². The van der Waals surface area contributed by atoms with E-state index < -0.39 is 0 Å². The molecule has 1 aliphatic heterocycles. The molecule has 16 heavy (non-hydrogen) atoms. The fourth-order valence-electron chi connectivity index (χ4n) is 2.86. The normalized spacial score (nSPS) is 26.9. The van der Waals surface area contributed by atoms with E-state index in [4.69, 9.17) is 5.73 Å². The third-order valence-corrected chi connectivity index (χ3v) is 3.81. The van der Waals surface area contributed by atoms with Crippen molar-refractivity contribution in [1.29, 1.82) is 0 Å². The Morgan fingerprint density at radius 3 is 2.81 bits per heavy atom. The van der Waals surface area contributed by atoms with Crippen LogP contribution in [0.3, 0.4) is 0 Å². The number of benzene rings is 1. The number of hydrogen-bond acceptors (Lipinski definition) is 2. The van der Waals surface area contributed by atoms with Gasteiger partial charge in [0.25, 0.3) is 0 Å². The van der Waals surface area contributed by atoms with Crippen LogP contribution < -0.4 is 5.73 Å². The SMILES string of the molecule is CC1(C2=CN=CC2)Cc2ccc(N)cc2C1. The highest BCUT2D eigenvalue weighted by molar-refractivity contribution is 5.66. The molecule has 0 saturated heterocycles. The molecule has 0 spiro atoms. The smallest absolute Gasteiger partial charge is 0.0316 e. The number of nitrogen functional groups attached to an aromatic ring is 1. The van der Waals surface area contributed by atoms with Gasteiger partial charge in [0.2, 0.25) is 0 Å². The van der Waals surface area contributed by atoms with Crippen molar-refractivity contribution >= 4 is 11.9 Å². The lowest BCUT2D eigenvalue weighted by Crippen LogP contribution is -2.19. The fraction of sp³-hybridized carbons (Fsp3) is 0.357. The number of aliphatic imine (C=N–C) groups is 1. The topological polar surface area (TPSA) is 38.4 Å². The summed E-state index contributed by atoms with van der Waals surface area (Å²) in [6.45, 7) is 2.34. The zero-order valence-corrected chi connectivity index (χ0v) is 9.53. The minimum Gasteiger partial charge on any atom is -0.399 e. The van der Waals surface area contributed by atoms with Crippen molar-refractivity contribution in [2.24, 2.45) is 10.4 Å². The molecule has 1 unspecified atom stereocenters. The van der Waals surface area contributed by atoms with E-state index >= 15 is 0 Å². The van der Waals surface area contributed by atoms with Crippen LogP contribution in [0.5, 0.6) is 0 Å². The predicted molar refractivity (Wildman–Crippen MR) is 67.6 cm³/mol. The fourth-order valence-corrected chi connectivity index (χ4v) is 2.86. The molecule has 1 aromatic carbocycles. The van der Waals surface area contributed by atoms with Crippen LogP contribution in [0.15, 0.2) is 35.0 Å². The number of allylic oxidation sites excluding steroid dienone is 1. The van der Waals surface area contributed by atoms with Gasteiger partial charge in [0.15, 0.2) is 0 Å². The lowest BCUT2D eigenvalue weighted by molar-refractivity contribution is 0.421. The predicted octanol–water partition coefficient (Wildman–Crippen LogP) is 2.73. The molecular formula is C14H16N2. The number of nitrogens with zero attached hydrogens (tertiary/aromatic N) is 1. The van der Waals surface area contributed by atoms with Crippen molar-refractivity contribution in [3.63, 3.8) is 0 Å². The summed E-state index contributed by atoms with van der Waals surface area (Å²) in [5.41, 5.74) is 11.3. The van der Waals surface area contributed by atoms with Crippen LogP contribution >= 0.6 is 0 Å². The van der Waals surface area contributed by atoms with E-state index in [1.807, 2.05) is 18.5 Å². The van der Waals surface area contributed by atoms with Gasteiger partial charge in [0.05, 0.1) is 0 Å². The van der Waals surface area contributed by atoms with Crippen molar-refractivity contribution < 1.29 is 0 Å². The molecule has 1 heterocycles. The van der Waals surface area contributed by atoms with Crippen molar-refractivity contribution in [3.05, 3.63) is 41.1 Å². The van der Waals surface area contributed by atoms with E-state index in [9.17, 15) is 0 Å². The summed E-state index contributed by atoms with van der Waals surface area (Å²) in [6.07, 6.45) is 7.27. The summed E-state index contributed by atoms with van der Waals surface area (Å²) in [5.74, 6) is 0. The monoisotopic (exact) mass is 212 g/mol. The molecular weight excluding hydrogens is 196 g/mol. The largest absolute Gasteiger partial charge is 0.399 e. The zero-order valence-electron chi connectivity index (χ0n) is 9.53. The highest BCUT2D eigenvalue weighted by atomic mass is 14.7. The van der Waals surface area contributed by atoms with E-state index in [2.05, 4.69) is 24.0 Å². The summed E-state index contributed by atoms with van der Waals surface area (Å²) in [4.78, 5) is 4.22. The molecule has 0 bridgehead atoms. The third-order valence-electron chi connectivity index (χ3n) is 3.81. The maximum Gasteiger partial charge on any atom is 0.0316 e. The molecule has 1 aromatic rings. The molecule has 0 aromatic heterocycles. The molecule has 82 valence electrons. The van der Waals surface area contributed by atoms with Crippen LogP contribution in [0, 0.1) is 5.41 Å². The van der Waals surface area contributed by atoms with Gasteiger partial charge in [-0.25, -0.2) is 0 Å². The Morgan fingerprint density at radius 2 is 2.06 bits per heavy atom. The van der Waals surface area contributed by atoms with Gasteiger partial charge in [0.1, 0.15) is 0 Å². The molecule has 0 saturated carbocycles. The Kier molecular flexibility index (Phi) is 1.93. The minimum absolute atomic E-state index is 0.257. The number of nitrogens with two attached hydrogens (primary N) is 1. The lowest BCUT2D eigenvalue weighted by atomic mass is 9.79. The van der Waals surface area contributed by atoms with Crippen LogP contribution in [-0.4, -0.2) is 6.21 Å². The van der Waals surface area contributed by atoms with E-state index in [-0.39, 0.29) is 5.41 Å². The summed E-state index contributed by atoms with van der Waals surface area (Å²) in [7, 11) is 0. The molecule has 0 amide bonds. The van der Waals surface area contributed by atoms with E-state index in [1.165, 1.54) is 16.7 Å². The molecule has 2 nitrogen and oxygen atoms in total. The molecule has 0 radical (unpaired) electrons.